The highest BCUT2D eigenvalue weighted by atomic mass is 35.5. The van der Waals surface area contributed by atoms with Gasteiger partial charge in [0.05, 0.1) is 11.8 Å². The zero-order valence-electron chi connectivity index (χ0n) is 13.2. The maximum atomic E-state index is 12.7. The first-order valence-corrected chi connectivity index (χ1v) is 8.41. The molecule has 0 radical (unpaired) electrons. The van der Waals surface area contributed by atoms with Gasteiger partial charge in [-0.1, -0.05) is 11.6 Å². The minimum Gasteiger partial charge on any atom is -0.481 e. The van der Waals surface area contributed by atoms with Crippen LogP contribution < -0.4 is 4.90 Å². The lowest BCUT2D eigenvalue weighted by molar-refractivity contribution is -0.146. The average molecular weight is 351 g/mol. The molecule has 2 atom stereocenters. The molecule has 6 nitrogen and oxygen atoms in total. The van der Waals surface area contributed by atoms with Gasteiger partial charge in [0, 0.05) is 36.8 Å². The summed E-state index contributed by atoms with van der Waals surface area (Å²) in [6, 6.07) is 6.94. The van der Waals surface area contributed by atoms with E-state index in [0.717, 1.165) is 5.69 Å². The van der Waals surface area contributed by atoms with Crippen LogP contribution >= 0.6 is 11.6 Å². The monoisotopic (exact) mass is 350 g/mol. The molecular formula is C17H19ClN2O4. The number of carbonyl (C=O) groups is 3. The third-order valence-electron chi connectivity index (χ3n) is 4.69. The molecule has 7 heteroatoms. The highest BCUT2D eigenvalue weighted by Crippen LogP contribution is 2.28. The molecule has 2 heterocycles. The van der Waals surface area contributed by atoms with E-state index >= 15 is 0 Å². The molecule has 0 aromatic heterocycles. The normalized spacial score (nSPS) is 24.3. The molecule has 0 aliphatic carbocycles. The topological polar surface area (TPSA) is 77.9 Å². The molecule has 24 heavy (non-hydrogen) atoms. The smallest absolute Gasteiger partial charge is 0.308 e. The second-order valence-electron chi connectivity index (χ2n) is 6.34. The van der Waals surface area contributed by atoms with Crippen LogP contribution in [0.15, 0.2) is 24.3 Å². The van der Waals surface area contributed by atoms with E-state index in [1.54, 1.807) is 34.1 Å². The summed E-state index contributed by atoms with van der Waals surface area (Å²) in [5, 5.41) is 9.74. The van der Waals surface area contributed by atoms with Crippen LogP contribution in [0.25, 0.3) is 0 Å². The maximum absolute atomic E-state index is 12.7. The van der Waals surface area contributed by atoms with Gasteiger partial charge < -0.3 is 14.9 Å². The van der Waals surface area contributed by atoms with E-state index in [0.29, 0.717) is 31.0 Å². The highest BCUT2D eigenvalue weighted by Gasteiger charge is 2.39. The number of halogens is 1. The molecule has 3 rings (SSSR count). The molecule has 1 N–H and O–H groups in total. The maximum Gasteiger partial charge on any atom is 0.308 e. The van der Waals surface area contributed by atoms with Crippen molar-refractivity contribution < 1.29 is 19.5 Å². The van der Waals surface area contributed by atoms with E-state index in [4.69, 9.17) is 16.7 Å². The van der Waals surface area contributed by atoms with Gasteiger partial charge in [0.25, 0.3) is 0 Å². The molecule has 2 fully saturated rings. The van der Waals surface area contributed by atoms with Crippen molar-refractivity contribution in [2.75, 3.05) is 24.5 Å². The Hall–Kier alpha value is -2.08. The minimum absolute atomic E-state index is 0.0949. The van der Waals surface area contributed by atoms with Crippen LogP contribution in [0, 0.1) is 11.8 Å². The SMILES string of the molecule is O=C(O)[C@H]1CCCN(C(=O)[C@@H]2CC(=O)N(c3ccc(Cl)cc3)C2)C1. The summed E-state index contributed by atoms with van der Waals surface area (Å²) in [5.74, 6) is -2.00. The van der Waals surface area contributed by atoms with E-state index in [1.807, 2.05) is 0 Å². The molecule has 0 saturated carbocycles. The minimum atomic E-state index is -0.863. The molecular weight excluding hydrogens is 332 g/mol. The summed E-state index contributed by atoms with van der Waals surface area (Å²) in [6.45, 7) is 1.13. The predicted octanol–water partition coefficient (Wildman–Crippen LogP) is 2.02. The van der Waals surface area contributed by atoms with E-state index in [2.05, 4.69) is 0 Å². The van der Waals surface area contributed by atoms with Gasteiger partial charge in [-0.25, -0.2) is 0 Å². The van der Waals surface area contributed by atoms with Gasteiger partial charge in [-0.2, -0.15) is 0 Å². The zero-order chi connectivity index (χ0) is 17.3. The van der Waals surface area contributed by atoms with Crippen molar-refractivity contribution in [1.82, 2.24) is 4.90 Å². The van der Waals surface area contributed by atoms with E-state index in [-0.39, 0.29) is 24.8 Å². The summed E-state index contributed by atoms with van der Waals surface area (Å²) >= 11 is 5.86. The molecule has 2 aliphatic heterocycles. The van der Waals surface area contributed by atoms with Crippen LogP contribution in [0.3, 0.4) is 0 Å². The standard InChI is InChI=1S/C17H19ClN2O4/c18-13-3-5-14(6-4-13)20-10-12(8-15(20)21)16(22)19-7-1-2-11(9-19)17(23)24/h3-6,11-12H,1-2,7-10H2,(H,23,24)/t11-,12+/m0/s1. The second kappa shape index (κ2) is 6.81. The third kappa shape index (κ3) is 3.38. The average Bonchev–Trinajstić information content (AvgIpc) is 2.97. The Balaban J connectivity index is 1.67. The van der Waals surface area contributed by atoms with E-state index in [1.165, 1.54) is 0 Å². The molecule has 2 amide bonds. The highest BCUT2D eigenvalue weighted by molar-refractivity contribution is 6.30. The number of carbonyl (C=O) groups excluding carboxylic acids is 2. The second-order valence-corrected chi connectivity index (χ2v) is 6.78. The van der Waals surface area contributed by atoms with Gasteiger partial charge in [0.15, 0.2) is 0 Å². The lowest BCUT2D eigenvalue weighted by atomic mass is 9.96. The Morgan fingerprint density at radius 1 is 1.12 bits per heavy atom. The number of nitrogens with zero attached hydrogens (tertiary/aromatic N) is 2. The molecule has 0 spiro atoms. The molecule has 128 valence electrons. The van der Waals surface area contributed by atoms with Crippen molar-refractivity contribution in [2.45, 2.75) is 19.3 Å². The largest absolute Gasteiger partial charge is 0.481 e. The number of amides is 2. The molecule has 1 aromatic carbocycles. The van der Waals surface area contributed by atoms with Crippen molar-refractivity contribution >= 4 is 35.1 Å². The van der Waals surface area contributed by atoms with Crippen molar-refractivity contribution in [3.63, 3.8) is 0 Å². The molecule has 1 aromatic rings. The first kappa shape index (κ1) is 16.8. The van der Waals surface area contributed by atoms with Crippen LogP contribution in [-0.4, -0.2) is 47.4 Å². The van der Waals surface area contributed by atoms with Gasteiger partial charge in [-0.05, 0) is 37.1 Å². The fraction of sp³-hybridized carbons (Fsp3) is 0.471. The van der Waals surface area contributed by atoms with Gasteiger partial charge in [-0.15, -0.1) is 0 Å². The van der Waals surface area contributed by atoms with Gasteiger partial charge in [0.2, 0.25) is 11.8 Å². The molecule has 0 unspecified atom stereocenters. The fourth-order valence-electron chi connectivity index (χ4n) is 3.38. The van der Waals surface area contributed by atoms with Crippen LogP contribution in [0.2, 0.25) is 5.02 Å². The molecule has 2 aliphatic rings. The number of rotatable bonds is 3. The fourth-order valence-corrected chi connectivity index (χ4v) is 3.51. The summed E-state index contributed by atoms with van der Waals surface area (Å²) in [6.07, 6.45) is 1.44. The molecule has 0 bridgehead atoms. The number of aliphatic carboxylic acids is 1. The number of hydrogen-bond donors (Lipinski definition) is 1. The Morgan fingerprint density at radius 3 is 2.50 bits per heavy atom. The Bertz CT molecular complexity index is 661. The number of benzene rings is 1. The van der Waals surface area contributed by atoms with Gasteiger partial charge in [0.1, 0.15) is 0 Å². The van der Waals surface area contributed by atoms with Crippen molar-refractivity contribution in [3.8, 4) is 0 Å². The van der Waals surface area contributed by atoms with Crippen LogP contribution in [0.1, 0.15) is 19.3 Å². The quantitative estimate of drug-likeness (QED) is 0.904. The predicted molar refractivity (Wildman–Crippen MR) is 88.9 cm³/mol. The Labute approximate surface area is 145 Å². The third-order valence-corrected chi connectivity index (χ3v) is 4.95. The summed E-state index contributed by atoms with van der Waals surface area (Å²) in [5.41, 5.74) is 0.724. The van der Waals surface area contributed by atoms with Crippen LogP contribution in [0.5, 0.6) is 0 Å². The Morgan fingerprint density at radius 2 is 1.83 bits per heavy atom. The van der Waals surface area contributed by atoms with Crippen molar-refractivity contribution in [1.29, 1.82) is 0 Å². The first-order valence-electron chi connectivity index (χ1n) is 8.03. The number of anilines is 1. The number of carboxylic acids is 1. The summed E-state index contributed by atoms with van der Waals surface area (Å²) in [7, 11) is 0. The summed E-state index contributed by atoms with van der Waals surface area (Å²) < 4.78 is 0. The Kier molecular flexibility index (Phi) is 4.76. The van der Waals surface area contributed by atoms with E-state index < -0.39 is 17.8 Å². The van der Waals surface area contributed by atoms with Crippen LogP contribution in [-0.2, 0) is 14.4 Å². The number of hydrogen-bond acceptors (Lipinski definition) is 3. The van der Waals surface area contributed by atoms with Crippen LogP contribution in [0.4, 0.5) is 5.69 Å². The van der Waals surface area contributed by atoms with Gasteiger partial charge in [-0.3, -0.25) is 14.4 Å². The lowest BCUT2D eigenvalue weighted by Gasteiger charge is -2.32. The summed E-state index contributed by atoms with van der Waals surface area (Å²) in [4.78, 5) is 39.3. The lowest BCUT2D eigenvalue weighted by Crippen LogP contribution is -2.45. The van der Waals surface area contributed by atoms with Crippen molar-refractivity contribution in [3.05, 3.63) is 29.3 Å². The number of piperidine rings is 1. The number of likely N-dealkylation sites (tertiary alicyclic amines) is 1. The number of carboxylic acid groups (broad SMARTS) is 1. The molecule has 2 saturated heterocycles. The van der Waals surface area contributed by atoms with Crippen molar-refractivity contribution in [2.24, 2.45) is 11.8 Å². The van der Waals surface area contributed by atoms with Gasteiger partial charge >= 0.3 is 5.97 Å². The zero-order valence-corrected chi connectivity index (χ0v) is 13.9. The first-order chi connectivity index (χ1) is 11.5. The van der Waals surface area contributed by atoms with E-state index in [9.17, 15) is 14.4 Å².